The number of carbonyl (C=O) groups is 4. The third-order valence-corrected chi connectivity index (χ3v) is 10.8. The quantitative estimate of drug-likeness (QED) is 0.116. The minimum absolute atomic E-state index is 0.212. The SMILES string of the molecule is Cc1nc2ncccc2cc1C(=O)O.Cc1nc2ncccc2cc1C(=O)OCc1cccc(-c2ccccc2)c1.O=C(O)c1cccc(-c2ccccc2)c1.O=C(O)c1cccc(-c2ccccc2)c1. The standard InChI is InChI=1S/C23H18N2O2.2C13H10O2.C10H8N2O2/c1-16-21(14-20-11-6-12-24-22(20)25-16)23(26)27-15-17-7-5-10-19(13-17)18-8-3-2-4-9-18;2*14-13(15)12-8-4-7-11(9-12)10-5-2-1-3-6-10;1-6-8(10(13)14)5-7-3-2-4-11-9(7)12-6/h2-14H,15H2,1H3;2*1-9H,(H,14,15);2-5H,1H3,(H,13,14). The summed E-state index contributed by atoms with van der Waals surface area (Å²) in [7, 11) is 0. The molecule has 6 aromatic carbocycles. The molecular weight excluding hydrogens is 893 g/mol. The molecule has 0 unspecified atom stereocenters. The highest BCUT2D eigenvalue weighted by Gasteiger charge is 2.15. The Morgan fingerprint density at radius 2 is 0.803 bits per heavy atom. The van der Waals surface area contributed by atoms with E-state index in [0.717, 1.165) is 49.7 Å². The third kappa shape index (κ3) is 13.5. The average molecular weight is 939 g/mol. The van der Waals surface area contributed by atoms with Gasteiger partial charge in [0.05, 0.1) is 33.6 Å². The van der Waals surface area contributed by atoms with E-state index in [4.69, 9.17) is 20.1 Å². The molecule has 71 heavy (non-hydrogen) atoms. The highest BCUT2D eigenvalue weighted by Crippen LogP contribution is 2.23. The summed E-state index contributed by atoms with van der Waals surface area (Å²) in [6.45, 7) is 3.67. The maximum absolute atomic E-state index is 12.6. The maximum Gasteiger partial charge on any atom is 0.340 e. The molecule has 0 aliphatic heterocycles. The van der Waals surface area contributed by atoms with Crippen molar-refractivity contribution < 1.29 is 39.2 Å². The van der Waals surface area contributed by atoms with Gasteiger partial charge in [-0.15, -0.1) is 0 Å². The van der Waals surface area contributed by atoms with Crippen LogP contribution in [0, 0.1) is 13.8 Å². The predicted octanol–water partition coefficient (Wildman–Crippen LogP) is 12.7. The Morgan fingerprint density at radius 1 is 0.408 bits per heavy atom. The van der Waals surface area contributed by atoms with E-state index in [1.165, 1.54) is 0 Å². The predicted molar refractivity (Wildman–Crippen MR) is 274 cm³/mol. The number of hydrogen-bond acceptors (Lipinski definition) is 9. The summed E-state index contributed by atoms with van der Waals surface area (Å²) < 4.78 is 5.54. The number of carboxylic acid groups (broad SMARTS) is 3. The van der Waals surface area contributed by atoms with Crippen LogP contribution in [0.3, 0.4) is 0 Å². The highest BCUT2D eigenvalue weighted by molar-refractivity contribution is 5.95. The monoisotopic (exact) mass is 938 g/mol. The molecule has 4 aromatic heterocycles. The number of aromatic carboxylic acids is 3. The Bertz CT molecular complexity index is 3370. The maximum atomic E-state index is 12.6. The molecule has 0 atom stereocenters. The molecule has 0 amide bonds. The summed E-state index contributed by atoms with van der Waals surface area (Å²) in [6.07, 6.45) is 3.32. The number of nitrogens with zero attached hydrogens (tertiary/aromatic N) is 4. The molecule has 0 saturated carbocycles. The number of benzene rings is 6. The molecule has 0 aliphatic rings. The molecule has 0 aliphatic carbocycles. The van der Waals surface area contributed by atoms with Gasteiger partial charge in [-0.05, 0) is 120 Å². The first-order chi connectivity index (χ1) is 34.4. The van der Waals surface area contributed by atoms with Crippen molar-refractivity contribution in [3.63, 3.8) is 0 Å². The van der Waals surface area contributed by atoms with E-state index in [1.807, 2.05) is 127 Å². The van der Waals surface area contributed by atoms with Gasteiger partial charge in [0.2, 0.25) is 0 Å². The van der Waals surface area contributed by atoms with Crippen LogP contribution < -0.4 is 0 Å². The van der Waals surface area contributed by atoms with Gasteiger partial charge in [0.15, 0.2) is 11.3 Å². The summed E-state index contributed by atoms with van der Waals surface area (Å²) in [5.74, 6) is -3.13. The van der Waals surface area contributed by atoms with Crippen molar-refractivity contribution >= 4 is 45.9 Å². The summed E-state index contributed by atoms with van der Waals surface area (Å²) in [5, 5.41) is 28.1. The van der Waals surface area contributed by atoms with Crippen LogP contribution in [0.5, 0.6) is 0 Å². The third-order valence-electron chi connectivity index (χ3n) is 10.8. The first kappa shape index (κ1) is 49.2. The van der Waals surface area contributed by atoms with Crippen molar-refractivity contribution in [1.82, 2.24) is 19.9 Å². The summed E-state index contributed by atoms with van der Waals surface area (Å²) in [6, 6.07) is 62.1. The molecule has 0 bridgehead atoms. The summed E-state index contributed by atoms with van der Waals surface area (Å²) in [4.78, 5) is 61.7. The summed E-state index contributed by atoms with van der Waals surface area (Å²) in [5.41, 5.74) is 10.7. The lowest BCUT2D eigenvalue weighted by atomic mass is 10.0. The van der Waals surface area contributed by atoms with Crippen molar-refractivity contribution in [2.24, 2.45) is 0 Å². The number of hydrogen-bond donors (Lipinski definition) is 3. The normalized spacial score (nSPS) is 10.3. The lowest BCUT2D eigenvalue weighted by molar-refractivity contribution is 0.0470. The fraction of sp³-hybridized carbons (Fsp3) is 0.0508. The van der Waals surface area contributed by atoms with Gasteiger partial charge in [0.25, 0.3) is 0 Å². The first-order valence-corrected chi connectivity index (χ1v) is 22.2. The number of carbonyl (C=O) groups excluding carboxylic acids is 1. The van der Waals surface area contributed by atoms with Crippen LogP contribution in [0.15, 0.2) is 213 Å². The van der Waals surface area contributed by atoms with E-state index >= 15 is 0 Å². The van der Waals surface area contributed by atoms with Gasteiger partial charge in [-0.1, -0.05) is 133 Å². The number of esters is 1. The topological polar surface area (TPSA) is 190 Å². The van der Waals surface area contributed by atoms with E-state index < -0.39 is 17.9 Å². The van der Waals surface area contributed by atoms with E-state index in [1.54, 1.807) is 86.9 Å². The second-order valence-corrected chi connectivity index (χ2v) is 15.8. The minimum Gasteiger partial charge on any atom is -0.478 e. The zero-order valence-electron chi connectivity index (χ0n) is 38.6. The molecule has 0 spiro atoms. The fourth-order valence-corrected chi connectivity index (χ4v) is 7.23. The average Bonchev–Trinajstić information content (AvgIpc) is 3.41. The van der Waals surface area contributed by atoms with Crippen LogP contribution >= 0.6 is 0 Å². The van der Waals surface area contributed by atoms with Crippen LogP contribution in [0.2, 0.25) is 0 Å². The smallest absolute Gasteiger partial charge is 0.340 e. The van der Waals surface area contributed by atoms with Crippen LogP contribution in [-0.2, 0) is 11.3 Å². The van der Waals surface area contributed by atoms with Gasteiger partial charge in [0.1, 0.15) is 6.61 Å². The van der Waals surface area contributed by atoms with Crippen molar-refractivity contribution in [1.29, 1.82) is 0 Å². The van der Waals surface area contributed by atoms with Crippen LogP contribution in [0.25, 0.3) is 55.4 Å². The molecular formula is C59H46N4O8. The molecule has 12 nitrogen and oxygen atoms in total. The Kier molecular flexibility index (Phi) is 16.5. The van der Waals surface area contributed by atoms with Crippen molar-refractivity contribution in [3.8, 4) is 33.4 Å². The number of aromatic nitrogens is 4. The van der Waals surface area contributed by atoms with Gasteiger partial charge >= 0.3 is 23.9 Å². The minimum atomic E-state index is -0.958. The van der Waals surface area contributed by atoms with Crippen LogP contribution in [-0.4, -0.2) is 59.1 Å². The molecule has 0 radical (unpaired) electrons. The number of ether oxygens (including phenoxy) is 1. The molecule has 3 N–H and O–H groups in total. The lowest BCUT2D eigenvalue weighted by Gasteiger charge is -2.09. The molecule has 4 heterocycles. The van der Waals surface area contributed by atoms with Gasteiger partial charge in [-0.25, -0.2) is 39.1 Å². The molecule has 12 heteroatoms. The molecule has 0 fully saturated rings. The molecule has 10 rings (SSSR count). The van der Waals surface area contributed by atoms with Gasteiger partial charge in [-0.3, -0.25) is 0 Å². The molecule has 0 saturated heterocycles. The molecule has 350 valence electrons. The first-order valence-electron chi connectivity index (χ1n) is 22.2. The van der Waals surface area contributed by atoms with E-state index in [0.29, 0.717) is 39.4 Å². The fourth-order valence-electron chi connectivity index (χ4n) is 7.23. The summed E-state index contributed by atoms with van der Waals surface area (Å²) >= 11 is 0. The number of carboxylic acids is 3. The second-order valence-electron chi connectivity index (χ2n) is 15.8. The Balaban J connectivity index is 0.000000146. The number of pyridine rings is 4. The zero-order valence-corrected chi connectivity index (χ0v) is 38.6. The zero-order chi connectivity index (χ0) is 50.1. The number of aryl methyl sites for hydroxylation is 2. The van der Waals surface area contributed by atoms with Gasteiger partial charge < -0.3 is 20.1 Å². The largest absolute Gasteiger partial charge is 0.478 e. The molecule has 10 aromatic rings. The van der Waals surface area contributed by atoms with Crippen molar-refractivity contribution in [3.05, 3.63) is 252 Å². The second kappa shape index (κ2) is 23.9. The van der Waals surface area contributed by atoms with Gasteiger partial charge in [0, 0.05) is 23.2 Å². The van der Waals surface area contributed by atoms with E-state index in [-0.39, 0.29) is 18.1 Å². The van der Waals surface area contributed by atoms with Crippen molar-refractivity contribution in [2.45, 2.75) is 20.5 Å². The highest BCUT2D eigenvalue weighted by atomic mass is 16.5. The van der Waals surface area contributed by atoms with E-state index in [9.17, 15) is 19.2 Å². The number of fused-ring (bicyclic) bond motifs is 2. The van der Waals surface area contributed by atoms with Gasteiger partial charge in [-0.2, -0.15) is 0 Å². The Labute approximate surface area is 409 Å². The van der Waals surface area contributed by atoms with Crippen LogP contribution in [0.1, 0.15) is 58.4 Å². The van der Waals surface area contributed by atoms with Crippen LogP contribution in [0.4, 0.5) is 0 Å². The van der Waals surface area contributed by atoms with Crippen molar-refractivity contribution in [2.75, 3.05) is 0 Å². The number of rotatable bonds is 9. The lowest BCUT2D eigenvalue weighted by Crippen LogP contribution is -2.08. The Morgan fingerprint density at radius 3 is 1.24 bits per heavy atom. The van der Waals surface area contributed by atoms with E-state index in [2.05, 4.69) is 32.1 Å². The Hall–Kier alpha value is -9.68.